The zero-order valence-corrected chi connectivity index (χ0v) is 14.5. The third-order valence-electron chi connectivity index (χ3n) is 3.40. The number of rotatable bonds is 4. The molecule has 0 saturated carbocycles. The zero-order chi connectivity index (χ0) is 16.1. The van der Waals surface area contributed by atoms with Gasteiger partial charge in [0, 0.05) is 24.1 Å². The Kier molecular flexibility index (Phi) is 5.83. The molecule has 0 spiro atoms. The smallest absolute Gasteiger partial charge is 0.410 e. The van der Waals surface area contributed by atoms with Gasteiger partial charge in [-0.1, -0.05) is 41.9 Å². The van der Waals surface area contributed by atoms with E-state index in [1.54, 1.807) is 4.90 Å². The van der Waals surface area contributed by atoms with E-state index in [0.29, 0.717) is 32.2 Å². The maximum atomic E-state index is 12.2. The maximum absolute atomic E-state index is 12.2. The molecule has 1 heterocycles. The van der Waals surface area contributed by atoms with E-state index in [2.05, 4.69) is 15.9 Å². The number of carbonyl (C=O) groups excluding carboxylic acids is 2. The molecule has 0 aliphatic carbocycles. The fourth-order valence-electron chi connectivity index (χ4n) is 2.17. The lowest BCUT2D eigenvalue weighted by molar-refractivity contribution is -0.136. The Morgan fingerprint density at radius 3 is 2.55 bits per heavy atom. The van der Waals surface area contributed by atoms with Gasteiger partial charge >= 0.3 is 6.09 Å². The van der Waals surface area contributed by atoms with Gasteiger partial charge in [0.25, 0.3) is 0 Å². The minimum atomic E-state index is -0.398. The largest absolute Gasteiger partial charge is 0.449 e. The molecule has 0 bridgehead atoms. The van der Waals surface area contributed by atoms with Crippen LogP contribution in [0.5, 0.6) is 0 Å². The predicted octanol–water partition coefficient (Wildman–Crippen LogP) is 2.89. The van der Waals surface area contributed by atoms with Crippen LogP contribution in [0.2, 0.25) is 0 Å². The van der Waals surface area contributed by atoms with E-state index in [-0.39, 0.29) is 12.5 Å². The first-order chi connectivity index (χ1) is 10.5. The first-order valence-corrected chi connectivity index (χ1v) is 8.19. The summed E-state index contributed by atoms with van der Waals surface area (Å²) in [7, 11) is 0. The summed E-state index contributed by atoms with van der Waals surface area (Å²) in [6.07, 6.45) is -0.398. The highest BCUT2D eigenvalue weighted by Gasteiger charge is 2.28. The molecule has 2 amide bonds. The molecule has 5 nitrogen and oxygen atoms in total. The summed E-state index contributed by atoms with van der Waals surface area (Å²) in [5, 5.41) is 0. The zero-order valence-electron chi connectivity index (χ0n) is 12.9. The Bertz CT molecular complexity index is 531. The molecule has 1 fully saturated rings. The first kappa shape index (κ1) is 16.8. The van der Waals surface area contributed by atoms with Gasteiger partial charge in [0.1, 0.15) is 6.54 Å². The van der Waals surface area contributed by atoms with E-state index in [0.717, 1.165) is 10.0 Å². The molecule has 0 atom stereocenters. The molecule has 1 aromatic rings. The van der Waals surface area contributed by atoms with E-state index in [9.17, 15) is 9.59 Å². The van der Waals surface area contributed by atoms with Crippen LogP contribution in [-0.4, -0.2) is 48.0 Å². The van der Waals surface area contributed by atoms with Gasteiger partial charge < -0.3 is 9.64 Å². The third kappa shape index (κ3) is 4.73. The van der Waals surface area contributed by atoms with Crippen molar-refractivity contribution in [3.05, 3.63) is 34.3 Å². The average molecular weight is 369 g/mol. The van der Waals surface area contributed by atoms with Crippen LogP contribution in [0.3, 0.4) is 0 Å². The standard InChI is InChI=1S/C16H21BrN2O3/c1-12(2)11-22-16(21)19-8-7-18(15(20)10-19)9-13-3-5-14(17)6-4-13/h3-6,12H,7-11H2,1-2H3. The molecular weight excluding hydrogens is 348 g/mol. The maximum Gasteiger partial charge on any atom is 0.410 e. The summed E-state index contributed by atoms with van der Waals surface area (Å²) >= 11 is 3.39. The van der Waals surface area contributed by atoms with Crippen molar-refractivity contribution in [1.29, 1.82) is 0 Å². The minimum absolute atomic E-state index is 0.0457. The summed E-state index contributed by atoms with van der Waals surface area (Å²) in [6.45, 7) is 6.05. The second-order valence-corrected chi connectivity index (χ2v) is 6.75. The SMILES string of the molecule is CC(C)COC(=O)N1CCN(Cc2ccc(Br)cc2)C(=O)C1. The lowest BCUT2D eigenvalue weighted by Gasteiger charge is -2.33. The van der Waals surface area contributed by atoms with Crippen molar-refractivity contribution < 1.29 is 14.3 Å². The molecule has 2 rings (SSSR count). The Balaban J connectivity index is 1.86. The first-order valence-electron chi connectivity index (χ1n) is 7.39. The van der Waals surface area contributed by atoms with Crippen molar-refractivity contribution in [2.24, 2.45) is 5.92 Å². The number of hydrogen-bond donors (Lipinski definition) is 0. The molecule has 1 aliphatic heterocycles. The number of nitrogens with zero attached hydrogens (tertiary/aromatic N) is 2. The molecule has 22 heavy (non-hydrogen) atoms. The minimum Gasteiger partial charge on any atom is -0.449 e. The van der Waals surface area contributed by atoms with E-state index in [4.69, 9.17) is 4.74 Å². The number of amides is 2. The highest BCUT2D eigenvalue weighted by atomic mass is 79.9. The van der Waals surface area contributed by atoms with Crippen molar-refractivity contribution in [2.75, 3.05) is 26.2 Å². The second-order valence-electron chi connectivity index (χ2n) is 5.83. The molecule has 0 unspecified atom stereocenters. The highest BCUT2D eigenvalue weighted by Crippen LogP contribution is 2.14. The highest BCUT2D eigenvalue weighted by molar-refractivity contribution is 9.10. The summed E-state index contributed by atoms with van der Waals surface area (Å²) in [5.74, 6) is 0.244. The Morgan fingerprint density at radius 2 is 1.95 bits per heavy atom. The molecule has 0 N–H and O–H groups in total. The van der Waals surface area contributed by atoms with Crippen LogP contribution in [0.15, 0.2) is 28.7 Å². The van der Waals surface area contributed by atoms with Crippen LogP contribution < -0.4 is 0 Å². The number of carbonyl (C=O) groups is 2. The summed E-state index contributed by atoms with van der Waals surface area (Å²) in [4.78, 5) is 27.3. The quantitative estimate of drug-likeness (QED) is 0.820. The van der Waals surface area contributed by atoms with Gasteiger partial charge in [0.15, 0.2) is 0 Å². The monoisotopic (exact) mass is 368 g/mol. The third-order valence-corrected chi connectivity index (χ3v) is 3.93. The van der Waals surface area contributed by atoms with Gasteiger partial charge in [0.05, 0.1) is 6.61 Å². The van der Waals surface area contributed by atoms with Crippen LogP contribution in [-0.2, 0) is 16.1 Å². The normalized spacial score (nSPS) is 15.4. The summed E-state index contributed by atoms with van der Waals surface area (Å²) < 4.78 is 6.18. The van der Waals surface area contributed by atoms with Crippen molar-refractivity contribution >= 4 is 27.9 Å². The molecule has 120 valence electrons. The summed E-state index contributed by atoms with van der Waals surface area (Å²) in [6, 6.07) is 7.89. The Hall–Kier alpha value is -1.56. The molecule has 0 radical (unpaired) electrons. The second kappa shape index (κ2) is 7.63. The van der Waals surface area contributed by atoms with Crippen LogP contribution in [0.25, 0.3) is 0 Å². The van der Waals surface area contributed by atoms with E-state index in [1.165, 1.54) is 4.90 Å². The number of halogens is 1. The Labute approximate surface area is 139 Å². The molecule has 1 aromatic carbocycles. The van der Waals surface area contributed by atoms with Gasteiger partial charge in [0.2, 0.25) is 5.91 Å². The number of ether oxygens (including phenoxy) is 1. The molecule has 1 aliphatic rings. The summed E-state index contributed by atoms with van der Waals surface area (Å²) in [5.41, 5.74) is 1.08. The van der Waals surface area contributed by atoms with Gasteiger partial charge in [-0.05, 0) is 23.6 Å². The van der Waals surface area contributed by atoms with Gasteiger partial charge in [-0.2, -0.15) is 0 Å². The molecule has 6 heteroatoms. The topological polar surface area (TPSA) is 49.9 Å². The van der Waals surface area contributed by atoms with E-state index in [1.807, 2.05) is 38.1 Å². The van der Waals surface area contributed by atoms with Gasteiger partial charge in [-0.15, -0.1) is 0 Å². The van der Waals surface area contributed by atoms with Crippen molar-refractivity contribution in [1.82, 2.24) is 9.80 Å². The van der Waals surface area contributed by atoms with Crippen molar-refractivity contribution in [3.8, 4) is 0 Å². The number of hydrogen-bond acceptors (Lipinski definition) is 3. The van der Waals surface area contributed by atoms with Gasteiger partial charge in [-0.3, -0.25) is 9.69 Å². The van der Waals surface area contributed by atoms with Crippen LogP contribution >= 0.6 is 15.9 Å². The average Bonchev–Trinajstić information content (AvgIpc) is 2.49. The van der Waals surface area contributed by atoms with Crippen LogP contribution in [0, 0.1) is 5.92 Å². The van der Waals surface area contributed by atoms with Crippen molar-refractivity contribution in [3.63, 3.8) is 0 Å². The number of benzene rings is 1. The van der Waals surface area contributed by atoms with Crippen molar-refractivity contribution in [2.45, 2.75) is 20.4 Å². The molecule has 0 aromatic heterocycles. The van der Waals surface area contributed by atoms with Crippen LogP contribution in [0.4, 0.5) is 4.79 Å². The lowest BCUT2D eigenvalue weighted by atomic mass is 10.2. The van der Waals surface area contributed by atoms with E-state index < -0.39 is 6.09 Å². The fourth-order valence-corrected chi connectivity index (χ4v) is 2.44. The molecular formula is C16H21BrN2O3. The fraction of sp³-hybridized carbons (Fsp3) is 0.500. The van der Waals surface area contributed by atoms with Crippen LogP contribution in [0.1, 0.15) is 19.4 Å². The predicted molar refractivity (Wildman–Crippen MR) is 87.3 cm³/mol. The number of piperazine rings is 1. The molecule has 1 saturated heterocycles. The Morgan fingerprint density at radius 1 is 1.27 bits per heavy atom. The van der Waals surface area contributed by atoms with E-state index >= 15 is 0 Å². The lowest BCUT2D eigenvalue weighted by Crippen LogP contribution is -2.52. The van der Waals surface area contributed by atoms with Gasteiger partial charge in [-0.25, -0.2) is 4.79 Å².